The SMILES string of the molecule is CC[C@H](Nc1nc(N)nc2c1C(=O)N(C)CN2Cc1ccc(OC)cc1)c1nc2cccc(F)c2c(=O)n1-c1ccccc1. The standard InChI is InChI=1S/C32H31FN8O3/c1-4-23(28-36-24-12-8-11-22(33)25(24)31(43)41(28)20-9-6-5-7-10-20)35-27-26-29(38-32(34)37-27)40(18-39(2)30(26)42)17-19-13-15-21(44-3)16-14-19/h5-16,23H,4,17-18H2,1-3H3,(H3,34,35,37,38)/t23-/m0/s1. The monoisotopic (exact) mass is 594 g/mol. The number of hydrogen-bond donors (Lipinski definition) is 2. The average molecular weight is 595 g/mol. The number of anilines is 3. The predicted octanol–water partition coefficient (Wildman–Crippen LogP) is 4.52. The molecule has 3 N–H and O–H groups in total. The third-order valence-corrected chi connectivity index (χ3v) is 7.60. The van der Waals surface area contributed by atoms with Gasteiger partial charge in [-0.05, 0) is 48.4 Å². The number of nitrogens with two attached hydrogens (primary N) is 1. The van der Waals surface area contributed by atoms with Crippen LogP contribution in [0.3, 0.4) is 0 Å². The van der Waals surface area contributed by atoms with Gasteiger partial charge >= 0.3 is 0 Å². The largest absolute Gasteiger partial charge is 0.497 e. The first-order valence-corrected chi connectivity index (χ1v) is 14.1. The quantitative estimate of drug-likeness (QED) is 0.266. The van der Waals surface area contributed by atoms with E-state index >= 15 is 0 Å². The number of hydrogen-bond acceptors (Lipinski definition) is 9. The Bertz CT molecular complexity index is 1910. The second-order valence-electron chi connectivity index (χ2n) is 10.5. The van der Waals surface area contributed by atoms with Crippen LogP contribution in [0.5, 0.6) is 5.75 Å². The molecule has 1 amide bonds. The number of para-hydroxylation sites is 1. The molecule has 0 fully saturated rings. The van der Waals surface area contributed by atoms with E-state index in [0.717, 1.165) is 11.3 Å². The van der Waals surface area contributed by atoms with E-state index < -0.39 is 17.4 Å². The summed E-state index contributed by atoms with van der Waals surface area (Å²) in [5, 5.41) is 3.24. The lowest BCUT2D eigenvalue weighted by Gasteiger charge is -2.36. The van der Waals surface area contributed by atoms with Gasteiger partial charge in [0.05, 0.1) is 31.0 Å². The topological polar surface area (TPSA) is 132 Å². The number of methoxy groups -OCH3 is 1. The average Bonchev–Trinajstić information content (AvgIpc) is 3.02. The van der Waals surface area contributed by atoms with E-state index in [2.05, 4.69) is 15.3 Å². The zero-order chi connectivity index (χ0) is 31.0. The summed E-state index contributed by atoms with van der Waals surface area (Å²) in [6.45, 7) is 2.65. The lowest BCUT2D eigenvalue weighted by molar-refractivity contribution is 0.0781. The van der Waals surface area contributed by atoms with E-state index in [9.17, 15) is 14.0 Å². The predicted molar refractivity (Wildman–Crippen MR) is 167 cm³/mol. The number of ether oxygens (including phenoxy) is 1. The first-order valence-electron chi connectivity index (χ1n) is 14.1. The van der Waals surface area contributed by atoms with Gasteiger partial charge in [0.2, 0.25) is 5.95 Å². The number of nitrogen functional groups attached to an aromatic ring is 1. The van der Waals surface area contributed by atoms with Gasteiger partial charge in [0, 0.05) is 13.6 Å². The lowest BCUT2D eigenvalue weighted by atomic mass is 10.1. The molecule has 1 atom stereocenters. The smallest absolute Gasteiger partial charge is 0.269 e. The molecule has 2 aromatic heterocycles. The van der Waals surface area contributed by atoms with Crippen molar-refractivity contribution < 1.29 is 13.9 Å². The van der Waals surface area contributed by atoms with Crippen molar-refractivity contribution >= 4 is 34.4 Å². The Hall–Kier alpha value is -5.52. The maximum absolute atomic E-state index is 14.9. The highest BCUT2D eigenvalue weighted by Crippen LogP contribution is 2.34. The molecule has 224 valence electrons. The van der Waals surface area contributed by atoms with Crippen molar-refractivity contribution in [3.05, 3.63) is 106 Å². The van der Waals surface area contributed by atoms with E-state index in [4.69, 9.17) is 15.5 Å². The molecule has 0 bridgehead atoms. The minimum absolute atomic E-state index is 0.0211. The molecule has 5 aromatic rings. The van der Waals surface area contributed by atoms with E-state index in [1.807, 2.05) is 42.2 Å². The third kappa shape index (κ3) is 5.14. The molecule has 0 unspecified atom stereocenters. The van der Waals surface area contributed by atoms with Gasteiger partial charge in [-0.1, -0.05) is 43.3 Å². The van der Waals surface area contributed by atoms with Gasteiger partial charge in [-0.25, -0.2) is 9.37 Å². The Labute approximate surface area is 252 Å². The molecule has 0 saturated carbocycles. The highest BCUT2D eigenvalue weighted by molar-refractivity contribution is 6.05. The Morgan fingerprint density at radius 3 is 2.45 bits per heavy atom. The molecule has 0 saturated heterocycles. The minimum atomic E-state index is -0.652. The van der Waals surface area contributed by atoms with Crippen molar-refractivity contribution in [2.24, 2.45) is 0 Å². The molecular weight excluding hydrogens is 563 g/mol. The summed E-state index contributed by atoms with van der Waals surface area (Å²) in [5.74, 6) is 0.721. The normalized spacial score (nSPS) is 13.6. The molecule has 12 heteroatoms. The van der Waals surface area contributed by atoms with E-state index in [1.165, 1.54) is 16.7 Å². The van der Waals surface area contributed by atoms with Crippen LogP contribution in [0.25, 0.3) is 16.6 Å². The van der Waals surface area contributed by atoms with E-state index in [-0.39, 0.29) is 40.8 Å². The highest BCUT2D eigenvalue weighted by atomic mass is 19.1. The number of fused-ring (bicyclic) bond motifs is 2. The first kappa shape index (κ1) is 28.6. The number of carbonyl (C=O) groups excluding carboxylic acids is 1. The molecule has 3 aromatic carbocycles. The molecule has 6 rings (SSSR count). The molecule has 1 aliphatic rings. The molecule has 0 radical (unpaired) electrons. The molecule has 0 aliphatic carbocycles. The minimum Gasteiger partial charge on any atom is -0.497 e. The number of halogens is 1. The number of benzene rings is 3. The zero-order valence-corrected chi connectivity index (χ0v) is 24.5. The zero-order valence-electron chi connectivity index (χ0n) is 24.5. The third-order valence-electron chi connectivity index (χ3n) is 7.60. The van der Waals surface area contributed by atoms with Crippen LogP contribution in [0, 0.1) is 5.82 Å². The summed E-state index contributed by atoms with van der Waals surface area (Å²) >= 11 is 0. The van der Waals surface area contributed by atoms with Gasteiger partial charge in [-0.15, -0.1) is 0 Å². The van der Waals surface area contributed by atoms with Crippen molar-refractivity contribution in [3.8, 4) is 11.4 Å². The van der Waals surface area contributed by atoms with Crippen molar-refractivity contribution in [3.63, 3.8) is 0 Å². The number of amides is 1. The fourth-order valence-electron chi connectivity index (χ4n) is 5.43. The highest BCUT2D eigenvalue weighted by Gasteiger charge is 2.34. The number of nitrogens with zero attached hydrogens (tertiary/aromatic N) is 6. The van der Waals surface area contributed by atoms with Crippen molar-refractivity contribution in [1.82, 2.24) is 24.4 Å². The van der Waals surface area contributed by atoms with Crippen LogP contribution in [-0.4, -0.2) is 51.2 Å². The summed E-state index contributed by atoms with van der Waals surface area (Å²) in [5.41, 5.74) is 7.65. The molecule has 44 heavy (non-hydrogen) atoms. The maximum atomic E-state index is 14.9. The molecular formula is C32H31FN8O3. The fraction of sp³-hybridized carbons (Fsp3) is 0.219. The molecule has 3 heterocycles. The van der Waals surface area contributed by atoms with E-state index in [1.54, 1.807) is 49.4 Å². The van der Waals surface area contributed by atoms with Crippen LogP contribution >= 0.6 is 0 Å². The molecule has 11 nitrogen and oxygen atoms in total. The number of aromatic nitrogens is 4. The molecule has 0 spiro atoms. The van der Waals surface area contributed by atoms with E-state index in [0.29, 0.717) is 30.3 Å². The van der Waals surface area contributed by atoms with Gasteiger partial charge in [-0.3, -0.25) is 14.2 Å². The van der Waals surface area contributed by atoms with Crippen LogP contribution in [0.2, 0.25) is 0 Å². The Morgan fingerprint density at radius 1 is 1.00 bits per heavy atom. The number of rotatable bonds is 8. The van der Waals surface area contributed by atoms with Crippen LogP contribution in [0.1, 0.15) is 41.1 Å². The van der Waals surface area contributed by atoms with Crippen LogP contribution in [0.4, 0.5) is 22.0 Å². The summed E-state index contributed by atoms with van der Waals surface area (Å²) < 4.78 is 21.6. The number of nitrogens with one attached hydrogen (secondary N) is 1. The Kier molecular flexibility index (Phi) is 7.56. The van der Waals surface area contributed by atoms with Crippen molar-refractivity contribution in [2.75, 3.05) is 36.8 Å². The van der Waals surface area contributed by atoms with Crippen molar-refractivity contribution in [1.29, 1.82) is 0 Å². The van der Waals surface area contributed by atoms with Crippen LogP contribution < -0.4 is 26.2 Å². The summed E-state index contributed by atoms with van der Waals surface area (Å²) in [6, 6.07) is 20.3. The second-order valence-corrected chi connectivity index (χ2v) is 10.5. The first-order chi connectivity index (χ1) is 21.3. The van der Waals surface area contributed by atoms with Gasteiger partial charge in [0.25, 0.3) is 11.5 Å². The summed E-state index contributed by atoms with van der Waals surface area (Å²) in [6.07, 6.45) is 0.443. The fourth-order valence-corrected chi connectivity index (χ4v) is 5.43. The summed E-state index contributed by atoms with van der Waals surface area (Å²) in [4.78, 5) is 44.6. The number of carbonyl (C=O) groups is 1. The molecule has 1 aliphatic heterocycles. The van der Waals surface area contributed by atoms with Gasteiger partial charge in [0.1, 0.15) is 34.2 Å². The lowest BCUT2D eigenvalue weighted by Crippen LogP contribution is -2.45. The van der Waals surface area contributed by atoms with Gasteiger partial charge in [0.15, 0.2) is 5.82 Å². The maximum Gasteiger partial charge on any atom is 0.269 e. The second kappa shape index (κ2) is 11.6. The Morgan fingerprint density at radius 2 is 1.75 bits per heavy atom. The van der Waals surface area contributed by atoms with Crippen LogP contribution in [0.15, 0.2) is 77.6 Å². The van der Waals surface area contributed by atoms with Crippen LogP contribution in [-0.2, 0) is 6.54 Å². The van der Waals surface area contributed by atoms with Crippen molar-refractivity contribution in [2.45, 2.75) is 25.9 Å². The van der Waals surface area contributed by atoms with Gasteiger partial charge < -0.3 is 25.6 Å². The summed E-state index contributed by atoms with van der Waals surface area (Å²) in [7, 11) is 3.31. The van der Waals surface area contributed by atoms with Gasteiger partial charge in [-0.2, -0.15) is 9.97 Å². The Balaban J connectivity index is 1.46.